The highest BCUT2D eigenvalue weighted by molar-refractivity contribution is 7.15. The van der Waals surface area contributed by atoms with Crippen molar-refractivity contribution in [1.82, 2.24) is 4.98 Å². The van der Waals surface area contributed by atoms with E-state index < -0.39 is 23.4 Å². The van der Waals surface area contributed by atoms with E-state index in [0.717, 1.165) is 11.3 Å². The summed E-state index contributed by atoms with van der Waals surface area (Å²) < 4.78 is 47.0. The van der Waals surface area contributed by atoms with Crippen LogP contribution in [0.25, 0.3) is 5.70 Å². The van der Waals surface area contributed by atoms with Crippen LogP contribution in [0, 0.1) is 24.4 Å². The van der Waals surface area contributed by atoms with E-state index in [1.165, 1.54) is 11.2 Å². The number of carboxylic acids is 1. The topological polar surface area (TPSA) is 75.0 Å². The van der Waals surface area contributed by atoms with Gasteiger partial charge in [0.2, 0.25) is 0 Å². The molecule has 0 amide bonds. The van der Waals surface area contributed by atoms with Crippen molar-refractivity contribution < 1.29 is 27.8 Å². The molecule has 1 aliphatic rings. The molecule has 0 saturated heterocycles. The summed E-state index contributed by atoms with van der Waals surface area (Å²) in [6, 6.07) is 6.12. The fourth-order valence-corrected chi connectivity index (χ4v) is 3.84. The number of aromatic nitrogens is 1. The maximum absolute atomic E-state index is 14.1. The predicted molar refractivity (Wildman–Crippen MR) is 110 cm³/mol. The van der Waals surface area contributed by atoms with Crippen LogP contribution in [0.3, 0.4) is 0 Å². The number of ether oxygens (including phenoxy) is 1. The van der Waals surface area contributed by atoms with Crippen LogP contribution in [0.5, 0.6) is 10.9 Å². The van der Waals surface area contributed by atoms with Gasteiger partial charge in [0.15, 0.2) is 0 Å². The van der Waals surface area contributed by atoms with Crippen LogP contribution in [-0.4, -0.2) is 22.4 Å². The summed E-state index contributed by atoms with van der Waals surface area (Å²) in [7, 11) is 0. The SMILES string of the molecule is C=C1N=CN(Cc2c(F)cc(F)cc2F)c2ccc(Oc3nc(C)c(C(=O)O)s3)cc21. The second kappa shape index (κ2) is 7.88. The molecule has 0 unspecified atom stereocenters. The summed E-state index contributed by atoms with van der Waals surface area (Å²) >= 11 is 0.898. The lowest BCUT2D eigenvalue weighted by Crippen LogP contribution is -2.25. The number of anilines is 1. The minimum Gasteiger partial charge on any atom is -0.477 e. The minimum absolute atomic E-state index is 0.0801. The number of fused-ring (bicyclic) bond motifs is 1. The van der Waals surface area contributed by atoms with Gasteiger partial charge in [-0.1, -0.05) is 17.9 Å². The van der Waals surface area contributed by atoms with Gasteiger partial charge < -0.3 is 14.7 Å². The molecule has 0 radical (unpaired) electrons. The summed E-state index contributed by atoms with van der Waals surface area (Å²) in [6.45, 7) is 5.22. The van der Waals surface area contributed by atoms with Crippen LogP contribution < -0.4 is 9.64 Å². The largest absolute Gasteiger partial charge is 0.477 e. The van der Waals surface area contributed by atoms with Crippen LogP contribution in [-0.2, 0) is 6.54 Å². The molecule has 2 aromatic carbocycles. The number of hydrogen-bond acceptors (Lipinski definition) is 6. The third kappa shape index (κ3) is 4.02. The van der Waals surface area contributed by atoms with Gasteiger partial charge in [0.05, 0.1) is 30.0 Å². The Morgan fingerprint density at radius 3 is 2.58 bits per heavy atom. The summed E-state index contributed by atoms with van der Waals surface area (Å²) in [5.41, 5.74) is 1.56. The molecule has 0 fully saturated rings. The van der Waals surface area contributed by atoms with Crippen LogP contribution >= 0.6 is 11.3 Å². The third-order valence-electron chi connectivity index (χ3n) is 4.55. The molecule has 2 heterocycles. The normalized spacial score (nSPS) is 12.8. The van der Waals surface area contributed by atoms with Gasteiger partial charge in [-0.2, -0.15) is 0 Å². The van der Waals surface area contributed by atoms with E-state index in [-0.39, 0.29) is 22.2 Å². The molecule has 6 nitrogen and oxygen atoms in total. The fourth-order valence-electron chi connectivity index (χ4n) is 3.07. The van der Waals surface area contributed by atoms with Gasteiger partial charge in [0.25, 0.3) is 5.19 Å². The first-order valence-electron chi connectivity index (χ1n) is 8.89. The van der Waals surface area contributed by atoms with Crippen molar-refractivity contribution in [1.29, 1.82) is 0 Å². The molecule has 10 heteroatoms. The first-order valence-corrected chi connectivity index (χ1v) is 9.70. The van der Waals surface area contributed by atoms with Crippen molar-refractivity contribution in [2.45, 2.75) is 13.5 Å². The maximum atomic E-state index is 14.1. The number of benzene rings is 2. The van der Waals surface area contributed by atoms with Gasteiger partial charge in [-0.15, -0.1) is 0 Å². The Bertz CT molecular complexity index is 1230. The van der Waals surface area contributed by atoms with E-state index in [0.29, 0.717) is 40.5 Å². The highest BCUT2D eigenvalue weighted by Gasteiger charge is 2.22. The van der Waals surface area contributed by atoms with Gasteiger partial charge in [-0.05, 0) is 25.1 Å². The van der Waals surface area contributed by atoms with Gasteiger partial charge in [0, 0.05) is 23.3 Å². The van der Waals surface area contributed by atoms with Crippen molar-refractivity contribution in [2.24, 2.45) is 4.99 Å². The van der Waals surface area contributed by atoms with Crippen molar-refractivity contribution in [3.63, 3.8) is 0 Å². The van der Waals surface area contributed by atoms with Crippen molar-refractivity contribution in [3.05, 3.63) is 76.1 Å². The lowest BCUT2D eigenvalue weighted by molar-refractivity contribution is 0.0701. The van der Waals surface area contributed by atoms with E-state index in [1.807, 2.05) is 0 Å². The molecule has 158 valence electrons. The van der Waals surface area contributed by atoms with Crippen LogP contribution in [0.15, 0.2) is 41.9 Å². The van der Waals surface area contributed by atoms with Gasteiger partial charge in [0.1, 0.15) is 28.1 Å². The Morgan fingerprint density at radius 2 is 1.94 bits per heavy atom. The number of aryl methyl sites for hydroxylation is 1. The van der Waals surface area contributed by atoms with Crippen molar-refractivity contribution >= 4 is 35.0 Å². The molecule has 0 spiro atoms. The quantitative estimate of drug-likeness (QED) is 0.571. The molecular formula is C21H14F3N3O3S. The second-order valence-electron chi connectivity index (χ2n) is 6.65. The highest BCUT2D eigenvalue weighted by atomic mass is 32.1. The van der Waals surface area contributed by atoms with E-state index in [9.17, 15) is 18.0 Å². The summed E-state index contributed by atoms with van der Waals surface area (Å²) in [6.07, 6.45) is 1.39. The Morgan fingerprint density at radius 1 is 1.23 bits per heavy atom. The molecule has 0 atom stereocenters. The minimum atomic E-state index is -1.09. The Labute approximate surface area is 178 Å². The Kier molecular flexibility index (Phi) is 5.24. The lowest BCUT2D eigenvalue weighted by atomic mass is 10.1. The van der Waals surface area contributed by atoms with Crippen LogP contribution in [0.1, 0.15) is 26.5 Å². The average molecular weight is 445 g/mol. The molecule has 1 N–H and O–H groups in total. The zero-order valence-corrected chi connectivity index (χ0v) is 16.8. The molecule has 0 bridgehead atoms. The molecule has 3 aromatic rings. The van der Waals surface area contributed by atoms with Crippen molar-refractivity contribution in [2.75, 3.05) is 4.90 Å². The number of aliphatic imine (C=N–C) groups is 1. The third-order valence-corrected chi connectivity index (χ3v) is 5.58. The monoisotopic (exact) mass is 445 g/mol. The zero-order valence-electron chi connectivity index (χ0n) is 16.0. The number of hydrogen-bond donors (Lipinski definition) is 1. The Hall–Kier alpha value is -3.66. The van der Waals surface area contributed by atoms with E-state index in [1.54, 1.807) is 25.1 Å². The van der Waals surface area contributed by atoms with Gasteiger partial charge in [-0.3, -0.25) is 0 Å². The number of halogens is 3. The van der Waals surface area contributed by atoms with Crippen LogP contribution in [0.2, 0.25) is 0 Å². The molecule has 1 aliphatic heterocycles. The van der Waals surface area contributed by atoms with Gasteiger partial charge >= 0.3 is 5.97 Å². The molecular weight excluding hydrogens is 431 g/mol. The molecule has 0 aliphatic carbocycles. The fraction of sp³-hybridized carbons (Fsp3) is 0.0952. The highest BCUT2D eigenvalue weighted by Crippen LogP contribution is 2.37. The predicted octanol–water partition coefficient (Wildman–Crippen LogP) is 5.38. The number of carboxylic acid groups (broad SMARTS) is 1. The standard InChI is InChI=1S/C21H14F3N3O3S/c1-10-14-7-13(30-21-26-11(2)19(31-21)20(28)29)3-4-18(14)27(9-25-10)8-15-16(23)5-12(22)6-17(15)24/h3-7,9H,1,8H2,2H3,(H,28,29). The first-order chi connectivity index (χ1) is 14.7. The number of rotatable bonds is 5. The first kappa shape index (κ1) is 20.6. The second-order valence-corrected chi connectivity index (χ2v) is 7.61. The van der Waals surface area contributed by atoms with Crippen LogP contribution in [0.4, 0.5) is 18.9 Å². The number of thiazole rings is 1. The zero-order chi connectivity index (χ0) is 22.3. The summed E-state index contributed by atoms with van der Waals surface area (Å²) in [5.74, 6) is -3.71. The van der Waals surface area contributed by atoms with E-state index in [2.05, 4.69) is 16.6 Å². The van der Waals surface area contributed by atoms with E-state index in [4.69, 9.17) is 9.84 Å². The number of carbonyl (C=O) groups is 1. The lowest BCUT2D eigenvalue weighted by Gasteiger charge is -2.27. The Balaban J connectivity index is 1.63. The molecule has 0 saturated carbocycles. The van der Waals surface area contributed by atoms with E-state index >= 15 is 0 Å². The number of nitrogens with zero attached hydrogens (tertiary/aromatic N) is 3. The summed E-state index contributed by atoms with van der Waals surface area (Å²) in [5, 5.41) is 9.31. The summed E-state index contributed by atoms with van der Waals surface area (Å²) in [4.78, 5) is 21.0. The molecule has 31 heavy (non-hydrogen) atoms. The molecule has 1 aromatic heterocycles. The average Bonchev–Trinajstić information content (AvgIpc) is 3.07. The van der Waals surface area contributed by atoms with Gasteiger partial charge in [-0.25, -0.2) is 27.9 Å². The smallest absolute Gasteiger partial charge is 0.347 e. The maximum Gasteiger partial charge on any atom is 0.347 e. The van der Waals surface area contributed by atoms with Crippen molar-refractivity contribution in [3.8, 4) is 10.9 Å². The number of aromatic carboxylic acids is 1. The molecule has 4 rings (SSSR count).